The van der Waals surface area contributed by atoms with Crippen LogP contribution in [-0.4, -0.2) is 53.8 Å². The molecule has 0 radical (unpaired) electrons. The van der Waals surface area contributed by atoms with Gasteiger partial charge in [0, 0.05) is 41.9 Å². The molecule has 0 aromatic heterocycles. The Morgan fingerprint density at radius 3 is 2.28 bits per heavy atom. The van der Waals surface area contributed by atoms with Crippen molar-refractivity contribution < 1.29 is 9.59 Å². The van der Waals surface area contributed by atoms with Crippen molar-refractivity contribution in [3.8, 4) is 0 Å². The number of benzene rings is 2. The lowest BCUT2D eigenvalue weighted by atomic mass is 10.1. The zero-order valence-corrected chi connectivity index (χ0v) is 17.8. The number of halogens is 2. The molecule has 1 atom stereocenters. The molecule has 5 nitrogen and oxygen atoms in total. The number of anilines is 1. The maximum absolute atomic E-state index is 12.9. The molecule has 0 spiro atoms. The van der Waals surface area contributed by atoms with Crippen molar-refractivity contribution in [1.82, 2.24) is 9.80 Å². The van der Waals surface area contributed by atoms with Crippen LogP contribution in [0.15, 0.2) is 42.5 Å². The number of carbonyl (C=O) groups excluding carboxylic acids is 2. The average Bonchev–Trinajstić information content (AvgIpc) is 3.00. The number of amides is 2. The molecule has 2 aromatic rings. The third-order valence-electron chi connectivity index (χ3n) is 5.74. The Morgan fingerprint density at radius 1 is 0.931 bits per heavy atom. The fraction of sp³-hybridized carbons (Fsp3) is 0.364. The summed E-state index contributed by atoms with van der Waals surface area (Å²) in [5.41, 5.74) is 3.22. The first kappa shape index (κ1) is 20.2. The van der Waals surface area contributed by atoms with Gasteiger partial charge in [0.1, 0.15) is 0 Å². The predicted molar refractivity (Wildman–Crippen MR) is 115 cm³/mol. The zero-order chi connectivity index (χ0) is 20.5. The highest BCUT2D eigenvalue weighted by Crippen LogP contribution is 2.27. The van der Waals surface area contributed by atoms with Gasteiger partial charge in [0.2, 0.25) is 11.8 Å². The Morgan fingerprint density at radius 2 is 1.59 bits per heavy atom. The van der Waals surface area contributed by atoms with Crippen LogP contribution in [0, 0.1) is 6.92 Å². The second kappa shape index (κ2) is 8.34. The number of hydrogen-bond donors (Lipinski definition) is 0. The lowest BCUT2D eigenvalue weighted by Crippen LogP contribution is -2.52. The van der Waals surface area contributed by atoms with Gasteiger partial charge in [-0.1, -0.05) is 41.4 Å². The Labute approximate surface area is 180 Å². The monoisotopic (exact) mass is 431 g/mol. The van der Waals surface area contributed by atoms with E-state index in [1.807, 2.05) is 30.3 Å². The normalized spacial score (nSPS) is 20.6. The number of likely N-dealkylation sites (tertiary alicyclic amines) is 1. The first-order chi connectivity index (χ1) is 13.9. The Hall–Kier alpha value is -2.08. The molecule has 2 amide bonds. The van der Waals surface area contributed by atoms with Gasteiger partial charge >= 0.3 is 0 Å². The van der Waals surface area contributed by atoms with Gasteiger partial charge < -0.3 is 4.90 Å². The van der Waals surface area contributed by atoms with Crippen molar-refractivity contribution in [3.05, 3.63) is 63.6 Å². The molecule has 2 aliphatic heterocycles. The molecular formula is C22H23Cl2N3O2. The van der Waals surface area contributed by atoms with Crippen LogP contribution in [0.25, 0.3) is 0 Å². The van der Waals surface area contributed by atoms with Crippen LogP contribution in [0.2, 0.25) is 10.0 Å². The maximum atomic E-state index is 12.9. The highest BCUT2D eigenvalue weighted by molar-refractivity contribution is 6.31. The minimum absolute atomic E-state index is 0.0997. The number of rotatable bonds is 4. The number of nitrogens with zero attached hydrogens (tertiary/aromatic N) is 3. The summed E-state index contributed by atoms with van der Waals surface area (Å²) in [7, 11) is 0. The Bertz CT molecular complexity index is 924. The van der Waals surface area contributed by atoms with E-state index in [2.05, 4.69) is 16.7 Å². The van der Waals surface area contributed by atoms with E-state index in [1.54, 1.807) is 12.1 Å². The topological polar surface area (TPSA) is 43.9 Å². The molecule has 152 valence electrons. The molecule has 0 N–H and O–H groups in total. The first-order valence-corrected chi connectivity index (χ1v) is 10.5. The van der Waals surface area contributed by atoms with E-state index in [0.717, 1.165) is 42.5 Å². The molecule has 0 unspecified atom stereocenters. The molecule has 2 saturated heterocycles. The van der Waals surface area contributed by atoms with E-state index in [9.17, 15) is 9.59 Å². The largest absolute Gasteiger partial charge is 0.369 e. The quantitative estimate of drug-likeness (QED) is 0.691. The molecule has 0 aliphatic carbocycles. The van der Waals surface area contributed by atoms with E-state index in [1.165, 1.54) is 10.5 Å². The van der Waals surface area contributed by atoms with Gasteiger partial charge in [0.15, 0.2) is 0 Å². The number of carbonyl (C=O) groups is 2. The van der Waals surface area contributed by atoms with Crippen molar-refractivity contribution >= 4 is 40.7 Å². The van der Waals surface area contributed by atoms with Crippen LogP contribution < -0.4 is 4.90 Å². The number of aryl methyl sites for hydroxylation is 1. The number of piperazine rings is 1. The molecular weight excluding hydrogens is 409 g/mol. The summed E-state index contributed by atoms with van der Waals surface area (Å²) < 4.78 is 0. The van der Waals surface area contributed by atoms with Crippen LogP contribution in [0.1, 0.15) is 17.5 Å². The van der Waals surface area contributed by atoms with Gasteiger partial charge in [-0.3, -0.25) is 19.4 Å². The van der Waals surface area contributed by atoms with Crippen LogP contribution in [0.5, 0.6) is 0 Å². The number of imide groups is 1. The molecule has 2 fully saturated rings. The van der Waals surface area contributed by atoms with E-state index in [4.69, 9.17) is 23.2 Å². The fourth-order valence-electron chi connectivity index (χ4n) is 4.09. The highest BCUT2D eigenvalue weighted by Gasteiger charge is 2.42. The second-order valence-corrected chi connectivity index (χ2v) is 8.49. The molecule has 29 heavy (non-hydrogen) atoms. The van der Waals surface area contributed by atoms with Crippen molar-refractivity contribution in [3.63, 3.8) is 0 Å². The molecule has 2 heterocycles. The smallest absolute Gasteiger partial charge is 0.247 e. The fourth-order valence-corrected chi connectivity index (χ4v) is 4.38. The molecule has 2 aromatic carbocycles. The van der Waals surface area contributed by atoms with Crippen molar-refractivity contribution in [2.45, 2.75) is 25.9 Å². The van der Waals surface area contributed by atoms with Crippen molar-refractivity contribution in [2.75, 3.05) is 31.1 Å². The molecule has 2 aliphatic rings. The Kier molecular flexibility index (Phi) is 5.81. The highest BCUT2D eigenvalue weighted by atomic mass is 35.5. The lowest BCUT2D eigenvalue weighted by molar-refractivity contribution is -0.140. The maximum Gasteiger partial charge on any atom is 0.247 e. The minimum atomic E-state index is -0.364. The van der Waals surface area contributed by atoms with Gasteiger partial charge in [0.05, 0.1) is 19.0 Å². The van der Waals surface area contributed by atoms with Gasteiger partial charge in [-0.15, -0.1) is 0 Å². The third kappa shape index (κ3) is 4.27. The number of hydrogen-bond acceptors (Lipinski definition) is 4. The minimum Gasteiger partial charge on any atom is -0.369 e. The van der Waals surface area contributed by atoms with Crippen molar-refractivity contribution in [1.29, 1.82) is 0 Å². The summed E-state index contributed by atoms with van der Waals surface area (Å²) >= 11 is 12.1. The summed E-state index contributed by atoms with van der Waals surface area (Å²) in [6.07, 6.45) is 0.253. The Balaban J connectivity index is 1.40. The standard InChI is InChI=1S/C22H23Cl2N3O2/c1-15-2-5-18(24)12-19(15)25-8-10-26(11-9-25)20-13-21(28)27(22(20)29)14-16-3-6-17(23)7-4-16/h2-7,12,20H,8-11,13-14H2,1H3/t20-/m0/s1. The van der Waals surface area contributed by atoms with Crippen molar-refractivity contribution in [2.24, 2.45) is 0 Å². The zero-order valence-electron chi connectivity index (χ0n) is 16.3. The summed E-state index contributed by atoms with van der Waals surface area (Å²) in [5.74, 6) is -0.208. The average molecular weight is 432 g/mol. The summed E-state index contributed by atoms with van der Waals surface area (Å²) in [4.78, 5) is 31.3. The van der Waals surface area contributed by atoms with Crippen LogP contribution in [0.4, 0.5) is 5.69 Å². The molecule has 0 saturated carbocycles. The van der Waals surface area contributed by atoms with Crippen LogP contribution >= 0.6 is 23.2 Å². The SMILES string of the molecule is Cc1ccc(Cl)cc1N1CCN([C@H]2CC(=O)N(Cc3ccc(Cl)cc3)C2=O)CC1. The predicted octanol–water partition coefficient (Wildman–Crippen LogP) is 3.75. The van der Waals surface area contributed by atoms with E-state index >= 15 is 0 Å². The lowest BCUT2D eigenvalue weighted by Gasteiger charge is -2.38. The van der Waals surface area contributed by atoms with Crippen LogP contribution in [0.3, 0.4) is 0 Å². The summed E-state index contributed by atoms with van der Waals surface area (Å²) in [5, 5.41) is 1.36. The van der Waals surface area contributed by atoms with E-state index < -0.39 is 0 Å². The van der Waals surface area contributed by atoms with E-state index in [0.29, 0.717) is 11.6 Å². The first-order valence-electron chi connectivity index (χ1n) is 9.76. The molecule has 4 rings (SSSR count). The summed E-state index contributed by atoms with van der Waals surface area (Å²) in [6.45, 7) is 5.46. The molecule has 0 bridgehead atoms. The van der Waals surface area contributed by atoms with Gasteiger partial charge in [-0.25, -0.2) is 0 Å². The van der Waals surface area contributed by atoms with Gasteiger partial charge in [-0.05, 0) is 42.3 Å². The van der Waals surface area contributed by atoms with E-state index in [-0.39, 0.29) is 24.3 Å². The second-order valence-electron chi connectivity index (χ2n) is 7.62. The van der Waals surface area contributed by atoms with Gasteiger partial charge in [0.25, 0.3) is 0 Å². The summed E-state index contributed by atoms with van der Waals surface area (Å²) in [6, 6.07) is 12.8. The van der Waals surface area contributed by atoms with Gasteiger partial charge in [-0.2, -0.15) is 0 Å². The molecule has 7 heteroatoms. The van der Waals surface area contributed by atoms with Crippen LogP contribution in [-0.2, 0) is 16.1 Å². The third-order valence-corrected chi connectivity index (χ3v) is 6.23.